The van der Waals surface area contributed by atoms with Crippen LogP contribution in [0.2, 0.25) is 5.02 Å². The van der Waals surface area contributed by atoms with Gasteiger partial charge in [-0.3, -0.25) is 4.72 Å². The summed E-state index contributed by atoms with van der Waals surface area (Å²) in [5.74, 6) is 0. The lowest BCUT2D eigenvalue weighted by atomic mass is 10.2. The van der Waals surface area contributed by atoms with Crippen LogP contribution in [0.25, 0.3) is 0 Å². The number of benzene rings is 2. The van der Waals surface area contributed by atoms with Gasteiger partial charge in [0.15, 0.2) is 0 Å². The summed E-state index contributed by atoms with van der Waals surface area (Å²) in [5, 5.41) is 0.393. The zero-order valence-electron chi connectivity index (χ0n) is 14.2. The molecule has 0 radical (unpaired) electrons. The number of anilines is 2. The van der Waals surface area contributed by atoms with E-state index in [-0.39, 0.29) is 4.90 Å². The van der Waals surface area contributed by atoms with Crippen molar-refractivity contribution in [1.82, 2.24) is 4.90 Å². The van der Waals surface area contributed by atoms with E-state index in [1.807, 2.05) is 12.1 Å². The summed E-state index contributed by atoms with van der Waals surface area (Å²) in [6.45, 7) is 7.34. The molecule has 0 amide bonds. The molecule has 0 saturated carbocycles. The van der Waals surface area contributed by atoms with Crippen molar-refractivity contribution in [2.45, 2.75) is 11.8 Å². The van der Waals surface area contributed by atoms with E-state index >= 15 is 0 Å². The summed E-state index contributed by atoms with van der Waals surface area (Å²) in [5.41, 5.74) is 1.65. The van der Waals surface area contributed by atoms with E-state index in [0.29, 0.717) is 10.7 Å². The minimum atomic E-state index is -3.64. The van der Waals surface area contributed by atoms with Gasteiger partial charge in [0.25, 0.3) is 10.0 Å². The third-order valence-electron chi connectivity index (χ3n) is 4.41. The Hall–Kier alpha value is -1.76. The third-order valence-corrected chi connectivity index (χ3v) is 6.02. The van der Waals surface area contributed by atoms with Gasteiger partial charge < -0.3 is 9.80 Å². The highest BCUT2D eigenvalue weighted by atomic mass is 35.5. The minimum absolute atomic E-state index is 0.153. The van der Waals surface area contributed by atoms with Gasteiger partial charge in [0, 0.05) is 42.6 Å². The molecule has 0 unspecified atom stereocenters. The second-order valence-electron chi connectivity index (χ2n) is 6.03. The molecular formula is C18H22ClN3O2S. The SMILES string of the molecule is CCN1CCN(c2ccc(NS(=O)(=O)c3cccc(Cl)c3)cc2)CC1. The molecule has 7 heteroatoms. The van der Waals surface area contributed by atoms with Crippen LogP contribution in [-0.4, -0.2) is 46.0 Å². The molecule has 2 aromatic carbocycles. The standard InChI is InChI=1S/C18H22ClN3O2S/c1-2-21-10-12-22(13-11-21)17-8-6-16(7-9-17)20-25(23,24)18-5-3-4-15(19)14-18/h3-9,14,20H,2,10-13H2,1H3. The molecule has 1 fully saturated rings. The van der Waals surface area contributed by atoms with Crippen molar-refractivity contribution in [3.05, 3.63) is 53.6 Å². The predicted octanol–water partition coefficient (Wildman–Crippen LogP) is 3.28. The van der Waals surface area contributed by atoms with E-state index in [4.69, 9.17) is 11.6 Å². The van der Waals surface area contributed by atoms with E-state index in [1.54, 1.807) is 24.3 Å². The Morgan fingerprint density at radius 2 is 1.72 bits per heavy atom. The van der Waals surface area contributed by atoms with Crippen LogP contribution in [0.15, 0.2) is 53.4 Å². The second-order valence-corrected chi connectivity index (χ2v) is 8.15. The smallest absolute Gasteiger partial charge is 0.261 e. The molecule has 0 bridgehead atoms. The van der Waals surface area contributed by atoms with Crippen LogP contribution in [0, 0.1) is 0 Å². The summed E-state index contributed by atoms with van der Waals surface area (Å²) in [6, 6.07) is 13.7. The van der Waals surface area contributed by atoms with Gasteiger partial charge in [-0.05, 0) is 49.0 Å². The summed E-state index contributed by atoms with van der Waals surface area (Å²) in [6.07, 6.45) is 0. The van der Waals surface area contributed by atoms with Crippen molar-refractivity contribution < 1.29 is 8.42 Å². The molecule has 0 aliphatic carbocycles. The highest BCUT2D eigenvalue weighted by molar-refractivity contribution is 7.92. The van der Waals surface area contributed by atoms with Crippen LogP contribution in [-0.2, 0) is 10.0 Å². The zero-order valence-corrected chi connectivity index (χ0v) is 15.7. The highest BCUT2D eigenvalue weighted by Gasteiger charge is 2.17. The molecule has 1 saturated heterocycles. The fourth-order valence-corrected chi connectivity index (χ4v) is 4.27. The molecular weight excluding hydrogens is 358 g/mol. The van der Waals surface area contributed by atoms with Crippen LogP contribution < -0.4 is 9.62 Å². The van der Waals surface area contributed by atoms with Crippen LogP contribution in [0.4, 0.5) is 11.4 Å². The second kappa shape index (κ2) is 7.64. The lowest BCUT2D eigenvalue weighted by Gasteiger charge is -2.35. The average Bonchev–Trinajstić information content (AvgIpc) is 2.62. The Bertz CT molecular complexity index is 816. The first-order chi connectivity index (χ1) is 12.0. The number of piperazine rings is 1. The van der Waals surface area contributed by atoms with E-state index in [9.17, 15) is 8.42 Å². The number of hydrogen-bond donors (Lipinski definition) is 1. The molecule has 3 rings (SSSR count). The largest absolute Gasteiger partial charge is 0.369 e. The Morgan fingerprint density at radius 3 is 2.32 bits per heavy atom. The number of rotatable bonds is 5. The van der Waals surface area contributed by atoms with Gasteiger partial charge in [0.2, 0.25) is 0 Å². The highest BCUT2D eigenvalue weighted by Crippen LogP contribution is 2.22. The number of hydrogen-bond acceptors (Lipinski definition) is 4. The van der Waals surface area contributed by atoms with Crippen molar-refractivity contribution in [2.75, 3.05) is 42.3 Å². The van der Waals surface area contributed by atoms with Gasteiger partial charge >= 0.3 is 0 Å². The summed E-state index contributed by atoms with van der Waals surface area (Å²) in [7, 11) is -3.64. The van der Waals surface area contributed by atoms with Gasteiger partial charge in [-0.15, -0.1) is 0 Å². The normalized spacial score (nSPS) is 16.0. The molecule has 1 heterocycles. The van der Waals surface area contributed by atoms with Crippen LogP contribution in [0.1, 0.15) is 6.92 Å². The number of nitrogens with one attached hydrogen (secondary N) is 1. The minimum Gasteiger partial charge on any atom is -0.369 e. The van der Waals surface area contributed by atoms with Gasteiger partial charge in [-0.1, -0.05) is 24.6 Å². The maximum Gasteiger partial charge on any atom is 0.261 e. The van der Waals surface area contributed by atoms with Crippen molar-refractivity contribution in [1.29, 1.82) is 0 Å². The first kappa shape index (κ1) is 18.0. The monoisotopic (exact) mass is 379 g/mol. The van der Waals surface area contributed by atoms with E-state index in [0.717, 1.165) is 38.4 Å². The molecule has 2 aromatic rings. The van der Waals surface area contributed by atoms with E-state index in [2.05, 4.69) is 21.4 Å². The Labute approximate surface area is 154 Å². The molecule has 0 aromatic heterocycles. The van der Waals surface area contributed by atoms with Gasteiger partial charge in [0.1, 0.15) is 0 Å². The van der Waals surface area contributed by atoms with Crippen LogP contribution in [0.5, 0.6) is 0 Å². The maximum atomic E-state index is 12.4. The molecule has 0 atom stereocenters. The van der Waals surface area contributed by atoms with Gasteiger partial charge in [-0.2, -0.15) is 0 Å². The Kier molecular flexibility index (Phi) is 5.51. The lowest BCUT2D eigenvalue weighted by Crippen LogP contribution is -2.46. The first-order valence-corrected chi connectivity index (χ1v) is 10.2. The van der Waals surface area contributed by atoms with Crippen LogP contribution >= 0.6 is 11.6 Å². The van der Waals surface area contributed by atoms with Gasteiger partial charge in [0.05, 0.1) is 4.90 Å². The van der Waals surface area contributed by atoms with Crippen molar-refractivity contribution in [3.8, 4) is 0 Å². The van der Waals surface area contributed by atoms with E-state index in [1.165, 1.54) is 12.1 Å². The molecule has 0 spiro atoms. The summed E-state index contributed by atoms with van der Waals surface area (Å²) < 4.78 is 27.4. The molecule has 1 N–H and O–H groups in total. The van der Waals surface area contributed by atoms with Crippen molar-refractivity contribution >= 4 is 33.0 Å². The quantitative estimate of drug-likeness (QED) is 0.866. The molecule has 134 valence electrons. The number of likely N-dealkylation sites (N-methyl/N-ethyl adjacent to an activating group) is 1. The Morgan fingerprint density at radius 1 is 1.04 bits per heavy atom. The average molecular weight is 380 g/mol. The van der Waals surface area contributed by atoms with E-state index < -0.39 is 10.0 Å². The maximum absolute atomic E-state index is 12.4. The summed E-state index contributed by atoms with van der Waals surface area (Å²) in [4.78, 5) is 4.89. The topological polar surface area (TPSA) is 52.6 Å². The molecule has 1 aliphatic rings. The third kappa shape index (κ3) is 4.45. The molecule has 25 heavy (non-hydrogen) atoms. The van der Waals surface area contributed by atoms with Gasteiger partial charge in [-0.25, -0.2) is 8.42 Å². The fraction of sp³-hybridized carbons (Fsp3) is 0.333. The zero-order chi connectivity index (χ0) is 17.9. The lowest BCUT2D eigenvalue weighted by molar-refractivity contribution is 0.271. The fourth-order valence-electron chi connectivity index (χ4n) is 2.91. The predicted molar refractivity (Wildman–Crippen MR) is 103 cm³/mol. The molecule has 1 aliphatic heterocycles. The number of sulfonamides is 1. The first-order valence-electron chi connectivity index (χ1n) is 8.34. The van der Waals surface area contributed by atoms with Crippen molar-refractivity contribution in [2.24, 2.45) is 0 Å². The number of halogens is 1. The van der Waals surface area contributed by atoms with Crippen molar-refractivity contribution in [3.63, 3.8) is 0 Å². The van der Waals surface area contributed by atoms with Crippen LogP contribution in [0.3, 0.4) is 0 Å². The molecule has 5 nitrogen and oxygen atoms in total. The Balaban J connectivity index is 1.68. The number of nitrogens with zero attached hydrogens (tertiary/aromatic N) is 2. The summed E-state index contributed by atoms with van der Waals surface area (Å²) >= 11 is 5.88.